The summed E-state index contributed by atoms with van der Waals surface area (Å²) >= 11 is 3.53. The van der Waals surface area contributed by atoms with Crippen LogP contribution in [0.3, 0.4) is 0 Å². The number of methoxy groups -OCH3 is 1. The van der Waals surface area contributed by atoms with Crippen molar-refractivity contribution < 1.29 is 9.13 Å². The van der Waals surface area contributed by atoms with E-state index >= 15 is 0 Å². The lowest BCUT2D eigenvalue weighted by molar-refractivity contribution is 0.410. The lowest BCUT2D eigenvalue weighted by Crippen LogP contribution is -1.98. The Kier molecular flexibility index (Phi) is 5.26. The van der Waals surface area contributed by atoms with Crippen LogP contribution in [0.5, 0.6) is 5.75 Å². The molecule has 0 amide bonds. The maximum absolute atomic E-state index is 13.7. The first kappa shape index (κ1) is 13.5. The molecule has 0 heterocycles. The third kappa shape index (κ3) is 3.78. The molecule has 1 rings (SSSR count). The molecule has 16 heavy (non-hydrogen) atoms. The van der Waals surface area contributed by atoms with Gasteiger partial charge in [0.2, 0.25) is 0 Å². The summed E-state index contributed by atoms with van der Waals surface area (Å²) in [5.41, 5.74) is 0.710. The zero-order chi connectivity index (χ0) is 12.1. The zero-order valence-corrected chi connectivity index (χ0v) is 11.6. The second-order valence-electron chi connectivity index (χ2n) is 4.33. The van der Waals surface area contributed by atoms with Gasteiger partial charge in [0.25, 0.3) is 0 Å². The van der Waals surface area contributed by atoms with Gasteiger partial charge in [-0.1, -0.05) is 35.8 Å². The molecule has 0 aromatic heterocycles. The van der Waals surface area contributed by atoms with Crippen LogP contribution in [-0.4, -0.2) is 7.11 Å². The molecule has 3 heteroatoms. The second kappa shape index (κ2) is 6.24. The lowest BCUT2D eigenvalue weighted by Gasteiger charge is -2.13. The Labute approximate surface area is 105 Å². The Morgan fingerprint density at radius 1 is 1.31 bits per heavy atom. The Morgan fingerprint density at radius 2 is 2.00 bits per heavy atom. The fraction of sp³-hybridized carbons (Fsp3) is 0.538. The highest BCUT2D eigenvalue weighted by Gasteiger charge is 2.13. The number of alkyl halides is 1. The van der Waals surface area contributed by atoms with E-state index in [1.165, 1.54) is 6.07 Å². The maximum Gasteiger partial charge on any atom is 0.131 e. The van der Waals surface area contributed by atoms with Gasteiger partial charge in [-0.3, -0.25) is 0 Å². The van der Waals surface area contributed by atoms with Gasteiger partial charge in [0.15, 0.2) is 0 Å². The molecular weight excluding hydrogens is 271 g/mol. The van der Waals surface area contributed by atoms with Gasteiger partial charge < -0.3 is 4.74 Å². The number of hydrogen-bond donors (Lipinski definition) is 0. The van der Waals surface area contributed by atoms with E-state index in [9.17, 15) is 4.39 Å². The first-order valence-electron chi connectivity index (χ1n) is 5.52. The molecule has 1 nitrogen and oxygen atoms in total. The molecule has 0 saturated carbocycles. The topological polar surface area (TPSA) is 9.23 Å². The first-order chi connectivity index (χ1) is 7.54. The molecule has 1 unspecified atom stereocenters. The molecule has 0 aliphatic rings. The average molecular weight is 289 g/mol. The van der Waals surface area contributed by atoms with Crippen molar-refractivity contribution in [1.82, 2.24) is 0 Å². The predicted octanol–water partition coefficient (Wildman–Crippen LogP) is 4.71. The fourth-order valence-corrected chi connectivity index (χ4v) is 2.16. The lowest BCUT2D eigenvalue weighted by atomic mass is 10.0. The van der Waals surface area contributed by atoms with E-state index in [1.807, 2.05) is 0 Å². The molecule has 0 aliphatic heterocycles. The number of halogens is 2. The third-order valence-corrected chi connectivity index (χ3v) is 3.49. The number of benzene rings is 1. The van der Waals surface area contributed by atoms with Gasteiger partial charge >= 0.3 is 0 Å². The minimum absolute atomic E-state index is 0.0841. The standard InChI is InChI=1S/C13H18BrFO/c1-9(2)4-7-12(14)11-6-5-10(16-3)8-13(11)15/h5-6,8-9,12H,4,7H2,1-3H3. The summed E-state index contributed by atoms with van der Waals surface area (Å²) in [5.74, 6) is 0.996. The molecule has 1 aromatic rings. The van der Waals surface area contributed by atoms with Gasteiger partial charge in [0, 0.05) is 16.5 Å². The monoisotopic (exact) mass is 288 g/mol. The van der Waals surface area contributed by atoms with Crippen LogP contribution in [-0.2, 0) is 0 Å². The molecular formula is C13H18BrFO. The first-order valence-corrected chi connectivity index (χ1v) is 6.43. The van der Waals surface area contributed by atoms with Crippen LogP contribution in [0.25, 0.3) is 0 Å². The molecule has 0 fully saturated rings. The molecule has 1 atom stereocenters. The molecule has 0 N–H and O–H groups in total. The van der Waals surface area contributed by atoms with Crippen LogP contribution in [0.15, 0.2) is 18.2 Å². The number of ether oxygens (including phenoxy) is 1. The van der Waals surface area contributed by atoms with E-state index in [0.717, 1.165) is 12.8 Å². The third-order valence-electron chi connectivity index (χ3n) is 2.54. The Morgan fingerprint density at radius 3 is 2.50 bits per heavy atom. The summed E-state index contributed by atoms with van der Waals surface area (Å²) in [5, 5.41) is 0. The van der Waals surface area contributed by atoms with Crippen molar-refractivity contribution in [2.24, 2.45) is 5.92 Å². The van der Waals surface area contributed by atoms with Crippen LogP contribution in [0.1, 0.15) is 37.1 Å². The summed E-state index contributed by atoms with van der Waals surface area (Å²) in [4.78, 5) is 0.0841. The number of rotatable bonds is 5. The van der Waals surface area contributed by atoms with E-state index in [0.29, 0.717) is 17.2 Å². The van der Waals surface area contributed by atoms with Gasteiger partial charge in [-0.15, -0.1) is 0 Å². The summed E-state index contributed by atoms with van der Waals surface area (Å²) in [6, 6.07) is 5.01. The molecule has 0 spiro atoms. The van der Waals surface area contributed by atoms with E-state index < -0.39 is 0 Å². The van der Waals surface area contributed by atoms with E-state index in [-0.39, 0.29) is 10.6 Å². The molecule has 0 saturated heterocycles. The molecule has 90 valence electrons. The van der Waals surface area contributed by atoms with Crippen LogP contribution in [0.4, 0.5) is 4.39 Å². The van der Waals surface area contributed by atoms with Crippen LogP contribution >= 0.6 is 15.9 Å². The summed E-state index contributed by atoms with van der Waals surface area (Å²) < 4.78 is 18.7. The molecule has 0 radical (unpaired) electrons. The highest BCUT2D eigenvalue weighted by molar-refractivity contribution is 9.09. The predicted molar refractivity (Wildman–Crippen MR) is 68.7 cm³/mol. The van der Waals surface area contributed by atoms with Gasteiger partial charge in [-0.05, 0) is 24.8 Å². The molecule has 1 aromatic carbocycles. The Hall–Kier alpha value is -0.570. The highest BCUT2D eigenvalue weighted by atomic mass is 79.9. The minimum Gasteiger partial charge on any atom is -0.497 e. The van der Waals surface area contributed by atoms with Crippen LogP contribution < -0.4 is 4.74 Å². The molecule has 0 aliphatic carbocycles. The Balaban J connectivity index is 2.71. The minimum atomic E-state index is -0.204. The van der Waals surface area contributed by atoms with Crippen molar-refractivity contribution in [3.8, 4) is 5.75 Å². The van der Waals surface area contributed by atoms with Gasteiger partial charge in [0.1, 0.15) is 11.6 Å². The van der Waals surface area contributed by atoms with Crippen molar-refractivity contribution in [1.29, 1.82) is 0 Å². The van der Waals surface area contributed by atoms with Gasteiger partial charge in [-0.25, -0.2) is 4.39 Å². The second-order valence-corrected chi connectivity index (χ2v) is 5.43. The van der Waals surface area contributed by atoms with Gasteiger partial charge in [0.05, 0.1) is 7.11 Å². The van der Waals surface area contributed by atoms with E-state index in [1.54, 1.807) is 19.2 Å². The smallest absolute Gasteiger partial charge is 0.131 e. The average Bonchev–Trinajstić information content (AvgIpc) is 2.25. The zero-order valence-electron chi connectivity index (χ0n) is 9.97. The van der Waals surface area contributed by atoms with Crippen molar-refractivity contribution in [3.63, 3.8) is 0 Å². The Bertz CT molecular complexity index is 339. The van der Waals surface area contributed by atoms with E-state index in [4.69, 9.17) is 4.74 Å². The van der Waals surface area contributed by atoms with Crippen molar-refractivity contribution in [3.05, 3.63) is 29.6 Å². The normalized spacial score (nSPS) is 12.9. The summed E-state index contributed by atoms with van der Waals surface area (Å²) in [6.07, 6.45) is 2.03. The highest BCUT2D eigenvalue weighted by Crippen LogP contribution is 2.32. The van der Waals surface area contributed by atoms with Crippen molar-refractivity contribution >= 4 is 15.9 Å². The van der Waals surface area contributed by atoms with Crippen LogP contribution in [0, 0.1) is 11.7 Å². The van der Waals surface area contributed by atoms with E-state index in [2.05, 4.69) is 29.8 Å². The summed E-state index contributed by atoms with van der Waals surface area (Å²) in [7, 11) is 1.54. The quantitative estimate of drug-likeness (QED) is 0.713. The van der Waals surface area contributed by atoms with Crippen LogP contribution in [0.2, 0.25) is 0 Å². The number of hydrogen-bond acceptors (Lipinski definition) is 1. The summed E-state index contributed by atoms with van der Waals surface area (Å²) in [6.45, 7) is 4.34. The van der Waals surface area contributed by atoms with Crippen molar-refractivity contribution in [2.45, 2.75) is 31.5 Å². The SMILES string of the molecule is COc1ccc(C(Br)CCC(C)C)c(F)c1. The fourth-order valence-electron chi connectivity index (χ4n) is 1.52. The maximum atomic E-state index is 13.7. The van der Waals surface area contributed by atoms with Gasteiger partial charge in [-0.2, -0.15) is 0 Å². The largest absolute Gasteiger partial charge is 0.497 e. The molecule has 0 bridgehead atoms. The van der Waals surface area contributed by atoms with Crippen molar-refractivity contribution in [2.75, 3.05) is 7.11 Å².